The van der Waals surface area contributed by atoms with Crippen LogP contribution < -0.4 is 10.6 Å². The molecule has 38 heavy (non-hydrogen) atoms. The van der Waals surface area contributed by atoms with E-state index in [1.807, 2.05) is 0 Å². The third-order valence-corrected chi connectivity index (χ3v) is 6.96. The number of anilines is 1. The predicted molar refractivity (Wildman–Crippen MR) is 139 cm³/mol. The van der Waals surface area contributed by atoms with Gasteiger partial charge in [-0.2, -0.15) is 13.2 Å². The van der Waals surface area contributed by atoms with Gasteiger partial charge in [-0.1, -0.05) is 82.5 Å². The lowest BCUT2D eigenvalue weighted by molar-refractivity contribution is -0.138. The fraction of sp³-hybridized carbons (Fsp3) is 0.0833. The van der Waals surface area contributed by atoms with Crippen molar-refractivity contribution in [2.45, 2.75) is 12.7 Å². The first-order valence-corrected chi connectivity index (χ1v) is 12.5. The number of hydrogen-bond donors (Lipinski definition) is 3. The van der Waals surface area contributed by atoms with E-state index in [0.717, 1.165) is 23.5 Å². The largest absolute Gasteiger partial charge is 0.504 e. The minimum Gasteiger partial charge on any atom is -0.504 e. The Balaban J connectivity index is 1.67. The number of alkyl halides is 3. The first-order valence-electron chi connectivity index (χ1n) is 10.5. The molecule has 0 aliphatic carbocycles. The Bertz CT molecular complexity index is 1520. The number of pyridine rings is 1. The van der Waals surface area contributed by atoms with E-state index in [2.05, 4.69) is 20.6 Å². The molecule has 2 heterocycles. The Morgan fingerprint density at radius 1 is 0.947 bits per heavy atom. The summed E-state index contributed by atoms with van der Waals surface area (Å²) in [6.45, 7) is -0.453. The summed E-state index contributed by atoms with van der Waals surface area (Å²) in [6, 6.07) is 12.5. The zero-order valence-electron chi connectivity index (χ0n) is 18.7. The lowest BCUT2D eigenvalue weighted by Gasteiger charge is -2.13. The third kappa shape index (κ3) is 6.02. The molecule has 2 aromatic heterocycles. The van der Waals surface area contributed by atoms with Crippen LogP contribution in [0.3, 0.4) is 0 Å². The minimum absolute atomic E-state index is 0.0337. The lowest BCUT2D eigenvalue weighted by Crippen LogP contribution is -2.26. The zero-order chi connectivity index (χ0) is 27.6. The van der Waals surface area contributed by atoms with Crippen molar-refractivity contribution >= 4 is 63.0 Å². The van der Waals surface area contributed by atoms with E-state index in [-0.39, 0.29) is 32.0 Å². The standard InChI is InChI=1S/C24H14Cl3F3N4O3S/c25-14-8-4-2-6-12(14)22-33-17(21(37)31-10-11-5-1-3-7-13(11)24(28,29)30)23(38-22)34-20(36)16-9-15(26)18(35)19(27)32-16/h1-9,35H,10H2,(H,31,37)(H,34,36). The first-order chi connectivity index (χ1) is 18.0. The molecule has 0 radical (unpaired) electrons. The summed E-state index contributed by atoms with van der Waals surface area (Å²) in [5.41, 5.74) is -1.12. The van der Waals surface area contributed by atoms with Crippen molar-refractivity contribution in [1.29, 1.82) is 0 Å². The quantitative estimate of drug-likeness (QED) is 0.205. The summed E-state index contributed by atoms with van der Waals surface area (Å²) in [6.07, 6.45) is -4.61. The van der Waals surface area contributed by atoms with Gasteiger partial charge >= 0.3 is 6.18 Å². The zero-order valence-corrected chi connectivity index (χ0v) is 21.8. The van der Waals surface area contributed by atoms with Crippen LogP contribution in [0.25, 0.3) is 10.6 Å². The van der Waals surface area contributed by atoms with E-state index in [1.165, 1.54) is 18.2 Å². The van der Waals surface area contributed by atoms with E-state index in [1.54, 1.807) is 24.3 Å². The van der Waals surface area contributed by atoms with E-state index in [0.29, 0.717) is 10.6 Å². The summed E-state index contributed by atoms with van der Waals surface area (Å²) >= 11 is 18.8. The molecule has 0 saturated heterocycles. The van der Waals surface area contributed by atoms with Gasteiger partial charge in [-0.15, -0.1) is 0 Å². The van der Waals surface area contributed by atoms with Gasteiger partial charge in [0.1, 0.15) is 15.7 Å². The van der Waals surface area contributed by atoms with Crippen LogP contribution in [0, 0.1) is 0 Å². The molecule has 0 aliphatic heterocycles. The number of carbonyl (C=O) groups is 2. The number of aromatic nitrogens is 2. The van der Waals surface area contributed by atoms with Crippen LogP contribution in [0.15, 0.2) is 54.6 Å². The van der Waals surface area contributed by atoms with Crippen molar-refractivity contribution in [2.75, 3.05) is 5.32 Å². The van der Waals surface area contributed by atoms with Crippen LogP contribution in [0.5, 0.6) is 5.75 Å². The molecule has 0 bridgehead atoms. The molecule has 14 heteroatoms. The van der Waals surface area contributed by atoms with Crippen LogP contribution in [-0.2, 0) is 12.7 Å². The minimum atomic E-state index is -4.61. The summed E-state index contributed by atoms with van der Waals surface area (Å²) in [5.74, 6) is -2.19. The highest BCUT2D eigenvalue weighted by Crippen LogP contribution is 2.37. The number of nitrogens with one attached hydrogen (secondary N) is 2. The lowest BCUT2D eigenvalue weighted by atomic mass is 10.1. The first kappa shape index (κ1) is 27.6. The molecule has 2 aromatic carbocycles. The van der Waals surface area contributed by atoms with E-state index in [4.69, 9.17) is 34.8 Å². The fourth-order valence-corrected chi connectivity index (χ4v) is 4.99. The Kier molecular flexibility index (Phi) is 8.12. The summed E-state index contributed by atoms with van der Waals surface area (Å²) < 4.78 is 40.1. The second kappa shape index (κ2) is 11.2. The Labute approximate surface area is 232 Å². The van der Waals surface area contributed by atoms with E-state index >= 15 is 0 Å². The number of halogens is 6. The molecule has 0 atom stereocenters. The smallest absolute Gasteiger partial charge is 0.416 e. The number of hydrogen-bond acceptors (Lipinski definition) is 6. The maximum atomic E-state index is 13.4. The summed E-state index contributed by atoms with van der Waals surface area (Å²) in [7, 11) is 0. The van der Waals surface area contributed by atoms with Gasteiger partial charge in [-0.3, -0.25) is 9.59 Å². The van der Waals surface area contributed by atoms with Gasteiger partial charge in [0.05, 0.1) is 15.6 Å². The van der Waals surface area contributed by atoms with Crippen molar-refractivity contribution in [1.82, 2.24) is 15.3 Å². The average Bonchev–Trinajstić information content (AvgIpc) is 3.28. The van der Waals surface area contributed by atoms with Crippen LogP contribution in [0.4, 0.5) is 18.2 Å². The Hall–Kier alpha value is -3.38. The van der Waals surface area contributed by atoms with Gasteiger partial charge in [0.15, 0.2) is 16.6 Å². The van der Waals surface area contributed by atoms with Crippen molar-refractivity contribution in [3.05, 3.63) is 92.3 Å². The predicted octanol–water partition coefficient (Wildman–Crippen LogP) is 7.07. The second-order valence-corrected chi connectivity index (χ2v) is 9.77. The highest BCUT2D eigenvalue weighted by atomic mass is 35.5. The average molecular weight is 602 g/mol. The van der Waals surface area contributed by atoms with Gasteiger partial charge < -0.3 is 15.7 Å². The van der Waals surface area contributed by atoms with Crippen molar-refractivity contribution < 1.29 is 27.9 Å². The molecule has 0 unspecified atom stereocenters. The highest BCUT2D eigenvalue weighted by Gasteiger charge is 2.33. The molecule has 196 valence electrons. The molecular weight excluding hydrogens is 588 g/mol. The molecule has 4 aromatic rings. The van der Waals surface area contributed by atoms with Crippen molar-refractivity contribution in [3.8, 4) is 16.3 Å². The molecule has 0 spiro atoms. The molecule has 3 N–H and O–H groups in total. The third-order valence-electron chi connectivity index (χ3n) is 5.07. The number of thiazole rings is 1. The molecule has 0 aliphatic rings. The van der Waals surface area contributed by atoms with Gasteiger partial charge in [-0.05, 0) is 23.8 Å². The van der Waals surface area contributed by atoms with Crippen LogP contribution in [0.1, 0.15) is 32.1 Å². The van der Waals surface area contributed by atoms with Crippen LogP contribution in [0.2, 0.25) is 15.2 Å². The van der Waals surface area contributed by atoms with Gasteiger partial charge in [0, 0.05) is 12.1 Å². The number of rotatable bonds is 6. The SMILES string of the molecule is O=C(Nc1sc(-c2ccccc2Cl)nc1C(=O)NCc1ccccc1C(F)(F)F)c1cc(Cl)c(O)c(Cl)n1. The normalized spacial score (nSPS) is 11.3. The van der Waals surface area contributed by atoms with Gasteiger partial charge in [-0.25, -0.2) is 9.97 Å². The topological polar surface area (TPSA) is 104 Å². The number of nitrogens with zero attached hydrogens (tertiary/aromatic N) is 2. The maximum Gasteiger partial charge on any atom is 0.416 e. The van der Waals surface area contributed by atoms with Crippen LogP contribution in [-0.4, -0.2) is 26.9 Å². The van der Waals surface area contributed by atoms with E-state index in [9.17, 15) is 27.9 Å². The maximum absolute atomic E-state index is 13.4. The molecule has 0 saturated carbocycles. The van der Waals surface area contributed by atoms with E-state index < -0.39 is 41.0 Å². The number of aromatic hydroxyl groups is 1. The molecular formula is C24H14Cl3F3N4O3S. The fourth-order valence-electron chi connectivity index (χ4n) is 3.28. The number of amides is 2. The van der Waals surface area contributed by atoms with Gasteiger partial charge in [0.2, 0.25) is 0 Å². The monoisotopic (exact) mass is 600 g/mol. The molecule has 4 rings (SSSR count). The Morgan fingerprint density at radius 3 is 2.32 bits per heavy atom. The molecule has 7 nitrogen and oxygen atoms in total. The molecule has 2 amide bonds. The number of carbonyl (C=O) groups excluding carboxylic acids is 2. The summed E-state index contributed by atoms with van der Waals surface area (Å²) in [5, 5.41) is 14.5. The Morgan fingerprint density at radius 2 is 1.63 bits per heavy atom. The second-order valence-electron chi connectivity index (χ2n) is 7.60. The van der Waals surface area contributed by atoms with Crippen molar-refractivity contribution in [3.63, 3.8) is 0 Å². The highest BCUT2D eigenvalue weighted by molar-refractivity contribution is 7.19. The van der Waals surface area contributed by atoms with Gasteiger partial charge in [0.25, 0.3) is 11.8 Å². The molecule has 0 fully saturated rings. The summed E-state index contributed by atoms with van der Waals surface area (Å²) in [4.78, 5) is 34.0. The van der Waals surface area contributed by atoms with Crippen molar-refractivity contribution in [2.24, 2.45) is 0 Å². The van der Waals surface area contributed by atoms with Crippen LogP contribution >= 0.6 is 46.1 Å². The number of benzene rings is 2.